The number of hydrogen-bond donors (Lipinski definition) is 1. The lowest BCUT2D eigenvalue weighted by atomic mass is 10.3. The normalized spacial score (nSPS) is 21.8. The van der Waals surface area contributed by atoms with Crippen molar-refractivity contribution in [1.29, 1.82) is 0 Å². The molecule has 0 radical (unpaired) electrons. The minimum Gasteiger partial charge on any atom is -0.396 e. The molecule has 74 valence electrons. The number of aliphatic hydroxyl groups excluding tert-OH is 1. The fourth-order valence-electron chi connectivity index (χ4n) is 1.10. The molecule has 0 spiro atoms. The van der Waals surface area contributed by atoms with Crippen LogP contribution in [-0.4, -0.2) is 24.4 Å². The van der Waals surface area contributed by atoms with Crippen molar-refractivity contribution in [3.05, 3.63) is 0 Å². The summed E-state index contributed by atoms with van der Waals surface area (Å²) < 4.78 is 5.15. The van der Waals surface area contributed by atoms with Gasteiger partial charge in [-0.2, -0.15) is 0 Å². The molecule has 1 unspecified atom stereocenters. The Labute approximate surface area is 75.9 Å². The topological polar surface area (TPSA) is 29.5 Å². The molecule has 0 aromatic heterocycles. The summed E-state index contributed by atoms with van der Waals surface area (Å²) in [6.45, 7) is 5.58. The molecule has 0 saturated carbocycles. The van der Waals surface area contributed by atoms with E-state index in [-0.39, 0.29) is 0 Å². The molecule has 1 aliphatic rings. The molecule has 1 rings (SSSR count). The fraction of sp³-hybridized carbons (Fsp3) is 1.00. The van der Waals surface area contributed by atoms with E-state index in [1.54, 1.807) is 0 Å². The average molecular weight is 174 g/mol. The van der Waals surface area contributed by atoms with Crippen molar-refractivity contribution in [1.82, 2.24) is 0 Å². The summed E-state index contributed by atoms with van der Waals surface area (Å²) in [7, 11) is 0. The Morgan fingerprint density at radius 2 is 2.17 bits per heavy atom. The van der Waals surface area contributed by atoms with E-state index in [1.165, 1.54) is 19.3 Å². The summed E-state index contributed by atoms with van der Waals surface area (Å²) in [6.07, 6.45) is 6.40. The van der Waals surface area contributed by atoms with Crippen molar-refractivity contribution < 1.29 is 9.84 Å². The Morgan fingerprint density at radius 3 is 2.33 bits per heavy atom. The monoisotopic (exact) mass is 174 g/mol. The predicted octanol–water partition coefficient (Wildman–Crippen LogP) is 2.35. The summed E-state index contributed by atoms with van der Waals surface area (Å²) in [4.78, 5) is 0. The van der Waals surface area contributed by atoms with Crippen LogP contribution < -0.4 is 0 Å². The highest BCUT2D eigenvalue weighted by Gasteiger charge is 2.07. The van der Waals surface area contributed by atoms with Crippen molar-refractivity contribution in [3.8, 4) is 0 Å². The molecule has 1 N–H and O–H groups in total. The number of ether oxygens (including phenoxy) is 1. The number of hydrogen-bond acceptors (Lipinski definition) is 2. The first-order chi connectivity index (χ1) is 5.81. The van der Waals surface area contributed by atoms with Gasteiger partial charge < -0.3 is 9.84 Å². The van der Waals surface area contributed by atoms with E-state index in [9.17, 15) is 0 Å². The molecule has 0 bridgehead atoms. The zero-order valence-corrected chi connectivity index (χ0v) is 8.38. The van der Waals surface area contributed by atoms with Crippen LogP contribution in [-0.2, 0) is 4.74 Å². The lowest BCUT2D eigenvalue weighted by Crippen LogP contribution is -1.94. The van der Waals surface area contributed by atoms with E-state index in [1.807, 2.05) is 0 Å². The minimum absolute atomic E-state index is 0.355. The second kappa shape index (κ2) is 9.01. The Hall–Kier alpha value is -0.0800. The highest BCUT2D eigenvalue weighted by Crippen LogP contribution is 2.09. The summed E-state index contributed by atoms with van der Waals surface area (Å²) >= 11 is 0. The first-order valence-corrected chi connectivity index (χ1v) is 5.03. The molecule has 0 aromatic carbocycles. The lowest BCUT2D eigenvalue weighted by molar-refractivity contribution is 0.125. The van der Waals surface area contributed by atoms with Crippen molar-refractivity contribution in [2.45, 2.75) is 52.1 Å². The molecular formula is C10H22O2. The van der Waals surface area contributed by atoms with E-state index in [4.69, 9.17) is 9.84 Å². The second-order valence-corrected chi connectivity index (χ2v) is 3.25. The van der Waals surface area contributed by atoms with Crippen LogP contribution in [0.2, 0.25) is 0 Å². The third kappa shape index (κ3) is 8.02. The van der Waals surface area contributed by atoms with Gasteiger partial charge in [-0.05, 0) is 26.2 Å². The van der Waals surface area contributed by atoms with Gasteiger partial charge in [0.05, 0.1) is 6.10 Å². The van der Waals surface area contributed by atoms with Gasteiger partial charge in [-0.3, -0.25) is 0 Å². The molecular weight excluding hydrogens is 152 g/mol. The molecule has 2 heteroatoms. The Bertz CT molecular complexity index is 73.9. The van der Waals surface area contributed by atoms with Crippen molar-refractivity contribution in [2.75, 3.05) is 13.2 Å². The fourth-order valence-corrected chi connectivity index (χ4v) is 1.10. The molecule has 1 fully saturated rings. The molecule has 12 heavy (non-hydrogen) atoms. The average Bonchev–Trinajstić information content (AvgIpc) is 2.53. The summed E-state index contributed by atoms with van der Waals surface area (Å²) in [5, 5.41) is 8.20. The number of unbranched alkanes of at least 4 members (excludes halogenated alkanes) is 2. The molecule has 1 saturated heterocycles. The van der Waals surface area contributed by atoms with Crippen LogP contribution in [0.15, 0.2) is 0 Å². The van der Waals surface area contributed by atoms with Crippen LogP contribution in [0.1, 0.15) is 46.0 Å². The van der Waals surface area contributed by atoms with Gasteiger partial charge in [-0.15, -0.1) is 0 Å². The number of rotatable bonds is 3. The first kappa shape index (κ1) is 11.9. The zero-order chi connectivity index (χ0) is 9.23. The highest BCUT2D eigenvalue weighted by molar-refractivity contribution is 4.56. The van der Waals surface area contributed by atoms with Crippen LogP contribution in [0.3, 0.4) is 0 Å². The quantitative estimate of drug-likeness (QED) is 0.665. The van der Waals surface area contributed by atoms with Crippen molar-refractivity contribution >= 4 is 0 Å². The van der Waals surface area contributed by atoms with E-state index in [0.29, 0.717) is 12.7 Å². The molecule has 0 aromatic rings. The lowest BCUT2D eigenvalue weighted by Gasteiger charge is -1.94. The van der Waals surface area contributed by atoms with Gasteiger partial charge in [-0.25, -0.2) is 0 Å². The van der Waals surface area contributed by atoms with E-state index >= 15 is 0 Å². The van der Waals surface area contributed by atoms with Gasteiger partial charge in [-0.1, -0.05) is 19.8 Å². The van der Waals surface area contributed by atoms with Gasteiger partial charge in [0.1, 0.15) is 0 Å². The van der Waals surface area contributed by atoms with E-state index in [0.717, 1.165) is 19.4 Å². The molecule has 1 atom stereocenters. The van der Waals surface area contributed by atoms with Gasteiger partial charge in [0.2, 0.25) is 0 Å². The van der Waals surface area contributed by atoms with Gasteiger partial charge in [0.25, 0.3) is 0 Å². The third-order valence-corrected chi connectivity index (χ3v) is 1.92. The van der Waals surface area contributed by atoms with Gasteiger partial charge >= 0.3 is 0 Å². The maximum Gasteiger partial charge on any atom is 0.0547 e. The predicted molar refractivity (Wildman–Crippen MR) is 51.3 cm³/mol. The van der Waals surface area contributed by atoms with Crippen molar-refractivity contribution in [2.24, 2.45) is 0 Å². The van der Waals surface area contributed by atoms with E-state index < -0.39 is 0 Å². The Kier molecular flexibility index (Phi) is 8.95. The summed E-state index contributed by atoms with van der Waals surface area (Å²) in [6, 6.07) is 0. The standard InChI is InChI=1S/C5H10O.C5H12O/c1-5-3-2-4-6-5;1-2-3-4-5-6/h5H,2-4H2,1H3;6H,2-5H2,1H3. The molecule has 1 heterocycles. The van der Waals surface area contributed by atoms with Gasteiger partial charge in [0, 0.05) is 13.2 Å². The minimum atomic E-state index is 0.355. The van der Waals surface area contributed by atoms with Crippen LogP contribution in [0.25, 0.3) is 0 Å². The summed E-state index contributed by atoms with van der Waals surface area (Å²) in [5.74, 6) is 0. The molecule has 2 nitrogen and oxygen atoms in total. The molecule has 0 aliphatic carbocycles. The maximum atomic E-state index is 8.20. The van der Waals surface area contributed by atoms with Crippen LogP contribution >= 0.6 is 0 Å². The summed E-state index contributed by atoms with van der Waals surface area (Å²) in [5.41, 5.74) is 0. The van der Waals surface area contributed by atoms with Crippen LogP contribution in [0.5, 0.6) is 0 Å². The van der Waals surface area contributed by atoms with Crippen LogP contribution in [0, 0.1) is 0 Å². The first-order valence-electron chi connectivity index (χ1n) is 5.03. The largest absolute Gasteiger partial charge is 0.396 e. The van der Waals surface area contributed by atoms with E-state index in [2.05, 4.69) is 13.8 Å². The van der Waals surface area contributed by atoms with Crippen LogP contribution in [0.4, 0.5) is 0 Å². The van der Waals surface area contributed by atoms with Gasteiger partial charge in [0.15, 0.2) is 0 Å². The molecule has 0 amide bonds. The number of aliphatic hydroxyl groups is 1. The Balaban J connectivity index is 0.000000202. The Morgan fingerprint density at radius 1 is 1.42 bits per heavy atom. The second-order valence-electron chi connectivity index (χ2n) is 3.25. The zero-order valence-electron chi connectivity index (χ0n) is 8.38. The molecule has 1 aliphatic heterocycles. The SMILES string of the molecule is CC1CCCO1.CCCCCO. The maximum absolute atomic E-state index is 8.20. The highest BCUT2D eigenvalue weighted by atomic mass is 16.5. The third-order valence-electron chi connectivity index (χ3n) is 1.92. The van der Waals surface area contributed by atoms with Crippen molar-refractivity contribution in [3.63, 3.8) is 0 Å². The smallest absolute Gasteiger partial charge is 0.0547 e.